The van der Waals surface area contributed by atoms with Crippen LogP contribution in [0.1, 0.15) is 17.9 Å². The molecule has 0 N–H and O–H groups in total. The van der Waals surface area contributed by atoms with Crippen molar-refractivity contribution in [3.05, 3.63) is 28.8 Å². The molecule has 0 saturated carbocycles. The number of nitrogens with zero attached hydrogens (tertiary/aromatic N) is 2. The van der Waals surface area contributed by atoms with Crippen molar-refractivity contribution >= 4 is 23.4 Å². The van der Waals surface area contributed by atoms with Crippen LogP contribution < -0.4 is 4.74 Å². The molecule has 0 spiro atoms. The molecule has 1 aromatic carbocycles. The van der Waals surface area contributed by atoms with Crippen LogP contribution in [-0.2, 0) is 14.3 Å². The third kappa shape index (κ3) is 3.28. The van der Waals surface area contributed by atoms with E-state index in [4.69, 9.17) is 21.1 Å². The van der Waals surface area contributed by atoms with Gasteiger partial charge in [0.2, 0.25) is 11.8 Å². The molecular weight excluding hydrogens is 320 g/mol. The fraction of sp³-hybridized carbons (Fsp3) is 0.500. The molecular formula is C16H19ClN2O4. The first-order valence-electron chi connectivity index (χ1n) is 7.58. The molecule has 7 heteroatoms. The summed E-state index contributed by atoms with van der Waals surface area (Å²) in [4.78, 5) is 28.1. The topological polar surface area (TPSA) is 59.1 Å². The summed E-state index contributed by atoms with van der Waals surface area (Å²) in [5.41, 5.74) is 0.802. The molecule has 2 heterocycles. The standard InChI is InChI=1S/C16H19ClN2O4/c1-22-7-5-18-10-19(9-15(18)20)16(21)12-4-6-23-14-3-2-11(17)8-13(12)14/h2-3,8,12H,4-7,9-10H2,1H3. The molecule has 0 bridgehead atoms. The number of carbonyl (C=O) groups excluding carboxylic acids is 2. The van der Waals surface area contributed by atoms with Gasteiger partial charge in [-0.1, -0.05) is 11.6 Å². The van der Waals surface area contributed by atoms with Gasteiger partial charge in [0.25, 0.3) is 0 Å². The van der Waals surface area contributed by atoms with Crippen LogP contribution >= 0.6 is 11.6 Å². The van der Waals surface area contributed by atoms with E-state index in [1.54, 1.807) is 35.1 Å². The van der Waals surface area contributed by atoms with Crippen molar-refractivity contribution in [1.82, 2.24) is 9.80 Å². The van der Waals surface area contributed by atoms with Gasteiger partial charge in [0, 0.05) is 24.2 Å². The normalized spacial score (nSPS) is 20.4. The lowest BCUT2D eigenvalue weighted by atomic mass is 9.92. The first-order valence-corrected chi connectivity index (χ1v) is 7.95. The maximum Gasteiger partial charge on any atom is 0.243 e. The molecule has 1 aromatic rings. The number of hydrogen-bond donors (Lipinski definition) is 0. The van der Waals surface area contributed by atoms with Gasteiger partial charge in [0.05, 0.1) is 25.8 Å². The Kier molecular flexibility index (Phi) is 4.73. The molecule has 0 radical (unpaired) electrons. The molecule has 1 saturated heterocycles. The van der Waals surface area contributed by atoms with Crippen LogP contribution in [-0.4, -0.2) is 61.7 Å². The largest absolute Gasteiger partial charge is 0.493 e. The highest BCUT2D eigenvalue weighted by molar-refractivity contribution is 6.30. The van der Waals surface area contributed by atoms with Crippen LogP contribution in [0.2, 0.25) is 5.02 Å². The van der Waals surface area contributed by atoms with Gasteiger partial charge in [-0.15, -0.1) is 0 Å². The van der Waals surface area contributed by atoms with Gasteiger partial charge in [0.15, 0.2) is 0 Å². The quantitative estimate of drug-likeness (QED) is 0.834. The first kappa shape index (κ1) is 16.1. The smallest absolute Gasteiger partial charge is 0.243 e. The van der Waals surface area contributed by atoms with Crippen LogP contribution in [0.4, 0.5) is 0 Å². The highest BCUT2D eigenvalue weighted by Crippen LogP contribution is 2.36. The highest BCUT2D eigenvalue weighted by atomic mass is 35.5. The Morgan fingerprint density at radius 2 is 2.30 bits per heavy atom. The first-order chi connectivity index (χ1) is 11.1. The predicted molar refractivity (Wildman–Crippen MR) is 84.5 cm³/mol. The number of hydrogen-bond acceptors (Lipinski definition) is 4. The average Bonchev–Trinajstić information content (AvgIpc) is 2.92. The van der Waals surface area contributed by atoms with Crippen molar-refractivity contribution in [2.75, 3.05) is 40.1 Å². The number of halogens is 1. The lowest BCUT2D eigenvalue weighted by Gasteiger charge is -2.28. The number of fused-ring (bicyclic) bond motifs is 1. The highest BCUT2D eigenvalue weighted by Gasteiger charge is 2.36. The Morgan fingerprint density at radius 1 is 1.48 bits per heavy atom. The zero-order valence-electron chi connectivity index (χ0n) is 13.0. The van der Waals surface area contributed by atoms with Gasteiger partial charge < -0.3 is 19.3 Å². The van der Waals surface area contributed by atoms with Crippen LogP contribution in [0.15, 0.2) is 18.2 Å². The minimum atomic E-state index is -0.312. The maximum atomic E-state index is 12.9. The molecule has 1 fully saturated rings. The van der Waals surface area contributed by atoms with E-state index in [1.165, 1.54) is 0 Å². The van der Waals surface area contributed by atoms with E-state index in [0.717, 1.165) is 5.56 Å². The average molecular weight is 339 g/mol. The van der Waals surface area contributed by atoms with E-state index >= 15 is 0 Å². The van der Waals surface area contributed by atoms with Crippen molar-refractivity contribution in [3.63, 3.8) is 0 Å². The van der Waals surface area contributed by atoms with Crippen LogP contribution in [0.3, 0.4) is 0 Å². The van der Waals surface area contributed by atoms with Crippen LogP contribution in [0.25, 0.3) is 0 Å². The van der Waals surface area contributed by atoms with Crippen molar-refractivity contribution < 1.29 is 19.1 Å². The molecule has 0 aromatic heterocycles. The Balaban J connectivity index is 1.75. The van der Waals surface area contributed by atoms with Crippen LogP contribution in [0.5, 0.6) is 5.75 Å². The Labute approximate surface area is 139 Å². The summed E-state index contributed by atoms with van der Waals surface area (Å²) in [5.74, 6) is 0.284. The lowest BCUT2D eigenvalue weighted by Crippen LogP contribution is -2.37. The fourth-order valence-electron chi connectivity index (χ4n) is 2.98. The Bertz CT molecular complexity index is 622. The SMILES string of the molecule is COCCN1CN(C(=O)C2CCOc3ccc(Cl)cc32)CC1=O. The number of methoxy groups -OCH3 is 1. The third-order valence-electron chi connectivity index (χ3n) is 4.21. The number of amides is 2. The van der Waals surface area contributed by atoms with E-state index in [9.17, 15) is 9.59 Å². The summed E-state index contributed by atoms with van der Waals surface area (Å²) in [7, 11) is 1.59. The minimum Gasteiger partial charge on any atom is -0.493 e. The van der Waals surface area contributed by atoms with E-state index in [-0.39, 0.29) is 24.3 Å². The molecule has 6 nitrogen and oxygen atoms in total. The van der Waals surface area contributed by atoms with E-state index in [0.29, 0.717) is 43.6 Å². The minimum absolute atomic E-state index is 0.0474. The summed E-state index contributed by atoms with van der Waals surface area (Å²) in [6, 6.07) is 5.31. The molecule has 1 atom stereocenters. The van der Waals surface area contributed by atoms with Crippen LogP contribution in [0, 0.1) is 0 Å². The van der Waals surface area contributed by atoms with Crippen molar-refractivity contribution in [2.24, 2.45) is 0 Å². The molecule has 23 heavy (non-hydrogen) atoms. The summed E-state index contributed by atoms with van der Waals surface area (Å²) in [6.07, 6.45) is 0.592. The second-order valence-corrected chi connectivity index (χ2v) is 6.14. The molecule has 2 amide bonds. The second-order valence-electron chi connectivity index (χ2n) is 5.70. The summed E-state index contributed by atoms with van der Waals surface area (Å²) >= 11 is 6.05. The molecule has 124 valence electrons. The van der Waals surface area contributed by atoms with Gasteiger partial charge in [-0.05, 0) is 24.6 Å². The van der Waals surface area contributed by atoms with Crippen molar-refractivity contribution in [3.8, 4) is 5.75 Å². The summed E-state index contributed by atoms with van der Waals surface area (Å²) < 4.78 is 10.6. The summed E-state index contributed by atoms with van der Waals surface area (Å²) in [5, 5.41) is 0.575. The zero-order valence-corrected chi connectivity index (χ0v) is 13.7. The van der Waals surface area contributed by atoms with Gasteiger partial charge >= 0.3 is 0 Å². The molecule has 2 aliphatic rings. The molecule has 2 aliphatic heterocycles. The predicted octanol–water partition coefficient (Wildman–Crippen LogP) is 1.48. The molecule has 1 unspecified atom stereocenters. The van der Waals surface area contributed by atoms with Gasteiger partial charge in [-0.3, -0.25) is 9.59 Å². The lowest BCUT2D eigenvalue weighted by molar-refractivity contribution is -0.133. The van der Waals surface area contributed by atoms with E-state index in [2.05, 4.69) is 0 Å². The zero-order chi connectivity index (χ0) is 16.4. The number of benzene rings is 1. The fourth-order valence-corrected chi connectivity index (χ4v) is 3.17. The van der Waals surface area contributed by atoms with Gasteiger partial charge in [-0.25, -0.2) is 0 Å². The maximum absolute atomic E-state index is 12.9. The van der Waals surface area contributed by atoms with Gasteiger partial charge in [-0.2, -0.15) is 0 Å². The molecule has 3 rings (SSSR count). The van der Waals surface area contributed by atoms with Crippen molar-refractivity contribution in [1.29, 1.82) is 0 Å². The van der Waals surface area contributed by atoms with E-state index in [1.807, 2.05) is 0 Å². The second kappa shape index (κ2) is 6.76. The summed E-state index contributed by atoms with van der Waals surface area (Å²) in [6.45, 7) is 1.88. The third-order valence-corrected chi connectivity index (χ3v) is 4.44. The van der Waals surface area contributed by atoms with Crippen molar-refractivity contribution in [2.45, 2.75) is 12.3 Å². The number of ether oxygens (including phenoxy) is 2. The number of rotatable bonds is 4. The monoisotopic (exact) mass is 338 g/mol. The van der Waals surface area contributed by atoms with E-state index < -0.39 is 0 Å². The Morgan fingerprint density at radius 3 is 3.09 bits per heavy atom. The van der Waals surface area contributed by atoms with Gasteiger partial charge in [0.1, 0.15) is 12.3 Å². The Hall–Kier alpha value is -1.79. The molecule has 0 aliphatic carbocycles. The number of carbonyl (C=O) groups is 2.